The second-order valence-corrected chi connectivity index (χ2v) is 8.39. The quantitative estimate of drug-likeness (QED) is 0.489. The number of anilines is 2. The molecule has 1 aliphatic heterocycles. The van der Waals surface area contributed by atoms with Crippen molar-refractivity contribution >= 4 is 45.9 Å². The van der Waals surface area contributed by atoms with Gasteiger partial charge in [0, 0.05) is 6.54 Å². The number of benzene rings is 2. The number of para-hydroxylation sites is 1. The topological polar surface area (TPSA) is 67.6 Å². The molecule has 1 aliphatic rings. The lowest BCUT2D eigenvalue weighted by Gasteiger charge is -2.29. The number of hydrogen-bond donors (Lipinski definition) is 1. The van der Waals surface area contributed by atoms with Crippen molar-refractivity contribution in [1.29, 1.82) is 0 Å². The van der Waals surface area contributed by atoms with E-state index in [1.165, 1.54) is 18.2 Å². The Bertz CT molecular complexity index is 1350. The molecular formula is C23H19B3FN3O3. The predicted molar refractivity (Wildman–Crippen MR) is 128 cm³/mol. The molecule has 1 aromatic heterocycles. The van der Waals surface area contributed by atoms with Crippen LogP contribution in [-0.4, -0.2) is 56.9 Å². The van der Waals surface area contributed by atoms with Crippen LogP contribution in [0.2, 0.25) is 0 Å². The van der Waals surface area contributed by atoms with Gasteiger partial charge in [0.1, 0.15) is 11.4 Å². The van der Waals surface area contributed by atoms with Gasteiger partial charge in [-0.3, -0.25) is 0 Å². The second kappa shape index (κ2) is 8.31. The summed E-state index contributed by atoms with van der Waals surface area (Å²) in [5.41, 5.74) is -0.798. The molecule has 0 bridgehead atoms. The van der Waals surface area contributed by atoms with E-state index in [1.54, 1.807) is 36.9 Å². The maximum atomic E-state index is 15.1. The summed E-state index contributed by atoms with van der Waals surface area (Å²) >= 11 is 0. The molecule has 0 saturated heterocycles. The van der Waals surface area contributed by atoms with E-state index in [1.807, 2.05) is 0 Å². The number of ether oxygens (including phenoxy) is 1. The van der Waals surface area contributed by atoms with Crippen molar-refractivity contribution in [3.05, 3.63) is 58.3 Å². The fourth-order valence-corrected chi connectivity index (χ4v) is 3.73. The summed E-state index contributed by atoms with van der Waals surface area (Å²) in [5.74, 6) is 5.64. The van der Waals surface area contributed by atoms with E-state index in [0.717, 1.165) is 4.57 Å². The minimum Gasteiger partial charge on any atom is -0.490 e. The summed E-state index contributed by atoms with van der Waals surface area (Å²) in [5, 5.41) is 7.97. The molecule has 3 aromatic rings. The number of aromatic nitrogens is 2. The van der Waals surface area contributed by atoms with Crippen molar-refractivity contribution in [3.8, 4) is 17.6 Å². The molecule has 2 aromatic carbocycles. The summed E-state index contributed by atoms with van der Waals surface area (Å²) < 4.78 is 21.9. The molecule has 0 fully saturated rings. The minimum atomic E-state index is -2.08. The standard InChI is InChI=1S/C23H19B3FN3O3/c1-22(2,32)11-10-14-6-3-9-17-19(14)33-13-5-12-29(17)20-18-15(27)7-4-8-16(18)30(21(31)28-20)23(24,25)26/h3-4,6-9,32H,5,12-13H2,1-2H3. The first-order valence-electron chi connectivity index (χ1n) is 10.3. The first kappa shape index (κ1) is 23.0. The highest BCUT2D eigenvalue weighted by Crippen LogP contribution is 2.40. The molecule has 1 N–H and O–H groups in total. The number of halogens is 1. The summed E-state index contributed by atoms with van der Waals surface area (Å²) in [6.07, 6.45) is 0.572. The average Bonchev–Trinajstić information content (AvgIpc) is 2.93. The van der Waals surface area contributed by atoms with Crippen LogP contribution in [0.4, 0.5) is 15.9 Å². The third kappa shape index (κ3) is 4.51. The van der Waals surface area contributed by atoms with E-state index >= 15 is 4.39 Å². The molecule has 0 unspecified atom stereocenters. The van der Waals surface area contributed by atoms with Crippen molar-refractivity contribution in [2.45, 2.75) is 31.1 Å². The summed E-state index contributed by atoms with van der Waals surface area (Å²) in [6, 6.07) is 9.50. The maximum Gasteiger partial charge on any atom is 0.348 e. The Kier molecular flexibility index (Phi) is 5.79. The van der Waals surface area contributed by atoms with Crippen molar-refractivity contribution in [3.63, 3.8) is 0 Å². The Morgan fingerprint density at radius 1 is 1.18 bits per heavy atom. The zero-order chi connectivity index (χ0) is 24.0. The zero-order valence-corrected chi connectivity index (χ0v) is 18.3. The number of aliphatic hydroxyl groups is 1. The lowest BCUT2D eigenvalue weighted by molar-refractivity contribution is 0.143. The van der Waals surface area contributed by atoms with Gasteiger partial charge in [-0.1, -0.05) is 29.2 Å². The van der Waals surface area contributed by atoms with Gasteiger partial charge in [0.25, 0.3) is 0 Å². The largest absolute Gasteiger partial charge is 0.490 e. The van der Waals surface area contributed by atoms with Crippen molar-refractivity contribution in [2.75, 3.05) is 18.1 Å². The highest BCUT2D eigenvalue weighted by molar-refractivity contribution is 6.56. The van der Waals surface area contributed by atoms with Crippen LogP contribution in [0.5, 0.6) is 5.75 Å². The third-order valence-electron chi connectivity index (χ3n) is 5.05. The van der Waals surface area contributed by atoms with Crippen molar-refractivity contribution in [2.24, 2.45) is 0 Å². The van der Waals surface area contributed by atoms with E-state index in [-0.39, 0.29) is 16.7 Å². The Labute approximate surface area is 195 Å². The average molecular weight is 437 g/mol. The first-order valence-corrected chi connectivity index (χ1v) is 10.3. The normalized spacial score (nSPS) is 14.1. The van der Waals surface area contributed by atoms with E-state index < -0.39 is 22.3 Å². The molecule has 2 heterocycles. The van der Waals surface area contributed by atoms with Gasteiger partial charge in [-0.25, -0.2) is 9.18 Å². The molecule has 6 radical (unpaired) electrons. The van der Waals surface area contributed by atoms with Gasteiger partial charge in [-0.2, -0.15) is 4.98 Å². The van der Waals surface area contributed by atoms with Crippen molar-refractivity contribution in [1.82, 2.24) is 9.55 Å². The highest BCUT2D eigenvalue weighted by atomic mass is 19.1. The van der Waals surface area contributed by atoms with Gasteiger partial charge < -0.3 is 19.3 Å². The molecule has 0 amide bonds. The number of hydrogen-bond acceptors (Lipinski definition) is 5. The molecule has 33 heavy (non-hydrogen) atoms. The van der Waals surface area contributed by atoms with Crippen LogP contribution in [0.3, 0.4) is 0 Å². The molecule has 0 aliphatic carbocycles. The molecule has 160 valence electrons. The van der Waals surface area contributed by atoms with Crippen LogP contribution in [0, 0.1) is 17.7 Å². The Morgan fingerprint density at radius 2 is 1.91 bits per heavy atom. The van der Waals surface area contributed by atoms with Crippen LogP contribution >= 0.6 is 0 Å². The second-order valence-electron chi connectivity index (χ2n) is 8.39. The van der Waals surface area contributed by atoms with E-state index in [9.17, 15) is 9.90 Å². The zero-order valence-electron chi connectivity index (χ0n) is 18.3. The van der Waals surface area contributed by atoms with E-state index in [2.05, 4.69) is 16.8 Å². The molecular weight excluding hydrogens is 418 g/mol. The van der Waals surface area contributed by atoms with Gasteiger partial charge in [-0.05, 0) is 44.5 Å². The van der Waals surface area contributed by atoms with E-state index in [4.69, 9.17) is 28.3 Å². The highest BCUT2D eigenvalue weighted by Gasteiger charge is 2.27. The van der Waals surface area contributed by atoms with Gasteiger partial charge in [0.15, 0.2) is 11.6 Å². The van der Waals surface area contributed by atoms with Crippen LogP contribution in [0.25, 0.3) is 10.9 Å². The minimum absolute atomic E-state index is 0.0450. The fourth-order valence-electron chi connectivity index (χ4n) is 3.73. The number of fused-ring (bicyclic) bond motifs is 2. The van der Waals surface area contributed by atoms with Crippen LogP contribution < -0.4 is 15.3 Å². The monoisotopic (exact) mass is 437 g/mol. The molecule has 0 saturated carbocycles. The number of nitrogens with zero attached hydrogens (tertiary/aromatic N) is 3. The molecule has 0 spiro atoms. The predicted octanol–water partition coefficient (Wildman–Crippen LogP) is 1.65. The first-order chi connectivity index (χ1) is 15.5. The molecule has 0 atom stereocenters. The Balaban J connectivity index is 2.00. The number of rotatable bonds is 2. The Morgan fingerprint density at radius 3 is 2.61 bits per heavy atom. The van der Waals surface area contributed by atoms with Crippen LogP contribution in [0.15, 0.2) is 41.2 Å². The van der Waals surface area contributed by atoms with Crippen molar-refractivity contribution < 1.29 is 14.2 Å². The van der Waals surface area contributed by atoms with Crippen LogP contribution in [-0.2, 0) is 5.24 Å². The van der Waals surface area contributed by atoms with Gasteiger partial charge in [0.2, 0.25) is 0 Å². The van der Waals surface area contributed by atoms with E-state index in [0.29, 0.717) is 36.6 Å². The lowest BCUT2D eigenvalue weighted by atomic mass is 9.49. The fraction of sp³-hybridized carbons (Fsp3) is 0.304. The summed E-state index contributed by atoms with van der Waals surface area (Å²) in [6.45, 7) is 3.93. The Hall–Kier alpha value is -3.18. The lowest BCUT2D eigenvalue weighted by Crippen LogP contribution is -2.44. The molecule has 6 nitrogen and oxygen atoms in total. The van der Waals surface area contributed by atoms with Crippen LogP contribution in [0.1, 0.15) is 25.8 Å². The van der Waals surface area contributed by atoms with Gasteiger partial charge in [0.05, 0.1) is 52.3 Å². The van der Waals surface area contributed by atoms with Gasteiger partial charge in [-0.15, -0.1) is 0 Å². The summed E-state index contributed by atoms with van der Waals surface area (Å²) in [7, 11) is 17.3. The smallest absolute Gasteiger partial charge is 0.348 e. The summed E-state index contributed by atoms with van der Waals surface area (Å²) in [4.78, 5) is 18.8. The third-order valence-corrected chi connectivity index (χ3v) is 5.05. The molecule has 10 heteroatoms. The maximum absolute atomic E-state index is 15.1. The molecule has 4 rings (SSSR count). The SMILES string of the molecule is [B]C([B])([B])n1c(=O)nc(N2CCCOc3c(C#CC(C)(C)O)cccc32)c2c(F)cccc21. The van der Waals surface area contributed by atoms with Gasteiger partial charge >= 0.3 is 5.69 Å².